The zero-order chi connectivity index (χ0) is 13.7. The zero-order valence-corrected chi connectivity index (χ0v) is 11.9. The van der Waals surface area contributed by atoms with Gasteiger partial charge in [0.25, 0.3) is 0 Å². The third-order valence-corrected chi connectivity index (χ3v) is 3.96. The minimum atomic E-state index is 0.147. The van der Waals surface area contributed by atoms with Crippen molar-refractivity contribution >= 4 is 5.91 Å². The van der Waals surface area contributed by atoms with E-state index < -0.39 is 0 Å². The Kier molecular flexibility index (Phi) is 4.96. The van der Waals surface area contributed by atoms with Crippen LogP contribution in [0.3, 0.4) is 0 Å². The van der Waals surface area contributed by atoms with Gasteiger partial charge in [-0.05, 0) is 31.4 Å². The predicted molar refractivity (Wildman–Crippen MR) is 74.7 cm³/mol. The molecule has 1 aliphatic rings. The molecule has 19 heavy (non-hydrogen) atoms. The summed E-state index contributed by atoms with van der Waals surface area (Å²) in [5, 5.41) is 10.5. The predicted octanol–water partition coefficient (Wildman–Crippen LogP) is 0.857. The van der Waals surface area contributed by atoms with Gasteiger partial charge in [-0.1, -0.05) is 6.92 Å². The molecule has 0 bridgehead atoms. The van der Waals surface area contributed by atoms with E-state index in [0.717, 1.165) is 18.7 Å². The van der Waals surface area contributed by atoms with Gasteiger partial charge in [0.1, 0.15) is 0 Å². The molecule has 0 aliphatic carbocycles. The summed E-state index contributed by atoms with van der Waals surface area (Å²) in [6.45, 7) is 3.94. The second-order valence-corrected chi connectivity index (χ2v) is 5.43. The molecule has 1 aromatic heterocycles. The minimum absolute atomic E-state index is 0.147. The van der Waals surface area contributed by atoms with Crippen molar-refractivity contribution in [2.75, 3.05) is 13.1 Å². The SMILES string of the molecule is CC1CCCNC1CC(=O)NCCc1ccnn1C. The Balaban J connectivity index is 1.68. The lowest BCUT2D eigenvalue weighted by Crippen LogP contribution is -2.43. The van der Waals surface area contributed by atoms with Crippen LogP contribution in [-0.2, 0) is 18.3 Å². The molecule has 1 aliphatic heterocycles. The van der Waals surface area contributed by atoms with Gasteiger partial charge in [0, 0.05) is 44.4 Å². The standard InChI is InChI=1S/C14H24N4O/c1-11-4-3-7-15-13(11)10-14(19)16-8-5-12-6-9-17-18(12)2/h6,9,11,13,15H,3-5,7-8,10H2,1-2H3,(H,16,19). The van der Waals surface area contributed by atoms with Gasteiger partial charge in [0.2, 0.25) is 5.91 Å². The van der Waals surface area contributed by atoms with Crippen molar-refractivity contribution < 1.29 is 4.79 Å². The molecule has 2 unspecified atom stereocenters. The van der Waals surface area contributed by atoms with Crippen LogP contribution in [0.25, 0.3) is 0 Å². The van der Waals surface area contributed by atoms with Crippen LogP contribution >= 0.6 is 0 Å². The summed E-state index contributed by atoms with van der Waals surface area (Å²) in [6.07, 6.45) is 5.65. The molecule has 0 spiro atoms. The number of carbonyl (C=O) groups excluding carboxylic acids is 1. The van der Waals surface area contributed by atoms with Crippen molar-refractivity contribution in [3.8, 4) is 0 Å². The number of carbonyl (C=O) groups is 1. The van der Waals surface area contributed by atoms with E-state index in [9.17, 15) is 4.79 Å². The maximum absolute atomic E-state index is 11.9. The molecule has 106 valence electrons. The van der Waals surface area contributed by atoms with E-state index in [4.69, 9.17) is 0 Å². The maximum Gasteiger partial charge on any atom is 0.221 e. The van der Waals surface area contributed by atoms with Crippen molar-refractivity contribution in [1.29, 1.82) is 0 Å². The van der Waals surface area contributed by atoms with Crippen LogP contribution in [0.2, 0.25) is 0 Å². The second kappa shape index (κ2) is 6.70. The Morgan fingerprint density at radius 3 is 3.16 bits per heavy atom. The van der Waals surface area contributed by atoms with Gasteiger partial charge in [-0.15, -0.1) is 0 Å². The van der Waals surface area contributed by atoms with Crippen LogP contribution in [0.1, 0.15) is 31.9 Å². The second-order valence-electron chi connectivity index (χ2n) is 5.43. The first kappa shape index (κ1) is 14.1. The topological polar surface area (TPSA) is 59.0 Å². The largest absolute Gasteiger partial charge is 0.356 e. The lowest BCUT2D eigenvalue weighted by molar-refractivity contribution is -0.121. The molecule has 2 atom stereocenters. The fraction of sp³-hybridized carbons (Fsp3) is 0.714. The molecule has 5 heteroatoms. The van der Waals surface area contributed by atoms with Crippen molar-refractivity contribution in [2.24, 2.45) is 13.0 Å². The number of aryl methyl sites for hydroxylation is 1. The van der Waals surface area contributed by atoms with E-state index in [1.54, 1.807) is 6.20 Å². The van der Waals surface area contributed by atoms with E-state index >= 15 is 0 Å². The molecule has 2 rings (SSSR count). The lowest BCUT2D eigenvalue weighted by Gasteiger charge is -2.29. The molecular weight excluding hydrogens is 240 g/mol. The number of piperidine rings is 1. The monoisotopic (exact) mass is 264 g/mol. The summed E-state index contributed by atoms with van der Waals surface area (Å²) in [4.78, 5) is 11.9. The smallest absolute Gasteiger partial charge is 0.221 e. The third kappa shape index (κ3) is 4.06. The van der Waals surface area contributed by atoms with Crippen LogP contribution in [-0.4, -0.2) is 34.8 Å². The first-order chi connectivity index (χ1) is 9.16. The third-order valence-electron chi connectivity index (χ3n) is 3.96. The lowest BCUT2D eigenvalue weighted by atomic mass is 9.90. The van der Waals surface area contributed by atoms with Crippen LogP contribution in [0.4, 0.5) is 0 Å². The summed E-state index contributed by atoms with van der Waals surface area (Å²) in [6, 6.07) is 2.32. The van der Waals surface area contributed by atoms with E-state index in [2.05, 4.69) is 22.7 Å². The van der Waals surface area contributed by atoms with Gasteiger partial charge in [-0.3, -0.25) is 9.48 Å². The summed E-state index contributed by atoms with van der Waals surface area (Å²) < 4.78 is 1.84. The Morgan fingerprint density at radius 2 is 2.47 bits per heavy atom. The number of hydrogen-bond donors (Lipinski definition) is 2. The highest BCUT2D eigenvalue weighted by atomic mass is 16.1. The van der Waals surface area contributed by atoms with Crippen LogP contribution in [0, 0.1) is 5.92 Å². The van der Waals surface area contributed by atoms with Gasteiger partial charge >= 0.3 is 0 Å². The summed E-state index contributed by atoms with van der Waals surface area (Å²) >= 11 is 0. The number of nitrogens with zero attached hydrogens (tertiary/aromatic N) is 2. The molecule has 0 radical (unpaired) electrons. The highest BCUT2D eigenvalue weighted by Crippen LogP contribution is 2.17. The molecule has 1 saturated heterocycles. The van der Waals surface area contributed by atoms with Gasteiger partial charge in [0.15, 0.2) is 0 Å². The first-order valence-electron chi connectivity index (χ1n) is 7.14. The van der Waals surface area contributed by atoms with Gasteiger partial charge in [-0.25, -0.2) is 0 Å². The van der Waals surface area contributed by atoms with Gasteiger partial charge < -0.3 is 10.6 Å². The molecular formula is C14H24N4O. The molecule has 1 fully saturated rings. The summed E-state index contributed by atoms with van der Waals surface area (Å²) in [7, 11) is 1.92. The molecule has 2 N–H and O–H groups in total. The highest BCUT2D eigenvalue weighted by Gasteiger charge is 2.22. The fourth-order valence-corrected chi connectivity index (χ4v) is 2.64. The van der Waals surface area contributed by atoms with Crippen LogP contribution < -0.4 is 10.6 Å². The van der Waals surface area contributed by atoms with E-state index in [1.807, 2.05) is 17.8 Å². The number of rotatable bonds is 5. The molecule has 1 aromatic rings. The van der Waals surface area contributed by atoms with Gasteiger partial charge in [-0.2, -0.15) is 5.10 Å². The van der Waals surface area contributed by atoms with E-state index in [0.29, 0.717) is 24.9 Å². The van der Waals surface area contributed by atoms with Crippen molar-refractivity contribution in [3.05, 3.63) is 18.0 Å². The number of nitrogens with one attached hydrogen (secondary N) is 2. The molecule has 0 aromatic carbocycles. The summed E-state index contributed by atoms with van der Waals surface area (Å²) in [5.41, 5.74) is 1.14. The Hall–Kier alpha value is -1.36. The Labute approximate surface area is 114 Å². The quantitative estimate of drug-likeness (QED) is 0.829. The van der Waals surface area contributed by atoms with Gasteiger partial charge in [0.05, 0.1) is 0 Å². The molecule has 2 heterocycles. The highest BCUT2D eigenvalue weighted by molar-refractivity contribution is 5.76. The molecule has 5 nitrogen and oxygen atoms in total. The molecule has 0 saturated carbocycles. The molecule has 1 amide bonds. The maximum atomic E-state index is 11.9. The Bertz CT molecular complexity index is 415. The average Bonchev–Trinajstić information content (AvgIpc) is 2.78. The van der Waals surface area contributed by atoms with Crippen LogP contribution in [0.15, 0.2) is 12.3 Å². The summed E-state index contributed by atoms with van der Waals surface area (Å²) in [5.74, 6) is 0.741. The fourth-order valence-electron chi connectivity index (χ4n) is 2.64. The normalized spacial score (nSPS) is 23.3. The van der Waals surface area contributed by atoms with Crippen molar-refractivity contribution in [1.82, 2.24) is 20.4 Å². The number of amides is 1. The minimum Gasteiger partial charge on any atom is -0.356 e. The van der Waals surface area contributed by atoms with Crippen molar-refractivity contribution in [2.45, 2.75) is 38.6 Å². The van der Waals surface area contributed by atoms with E-state index in [-0.39, 0.29) is 5.91 Å². The van der Waals surface area contributed by atoms with Crippen molar-refractivity contribution in [3.63, 3.8) is 0 Å². The first-order valence-corrected chi connectivity index (χ1v) is 7.14. The van der Waals surface area contributed by atoms with E-state index in [1.165, 1.54) is 12.8 Å². The zero-order valence-electron chi connectivity index (χ0n) is 11.9. The number of aromatic nitrogens is 2. The van der Waals surface area contributed by atoms with Crippen LogP contribution in [0.5, 0.6) is 0 Å². The Morgan fingerprint density at radius 1 is 1.63 bits per heavy atom. The average molecular weight is 264 g/mol. The number of hydrogen-bond acceptors (Lipinski definition) is 3.